The number of piperidine rings is 1. The number of amides is 1. The Morgan fingerprint density at radius 2 is 1.53 bits per heavy atom. The van der Waals surface area contributed by atoms with Crippen LogP contribution in [0.25, 0.3) is 0 Å². The molecule has 12 heteroatoms. The van der Waals surface area contributed by atoms with Crippen molar-refractivity contribution in [3.05, 3.63) is 48.5 Å². The average Bonchev–Trinajstić information content (AvgIpc) is 2.80. The van der Waals surface area contributed by atoms with E-state index in [2.05, 4.69) is 9.64 Å². The molecule has 0 bridgehead atoms. The van der Waals surface area contributed by atoms with Crippen LogP contribution in [0.4, 0.5) is 13.2 Å². The van der Waals surface area contributed by atoms with Gasteiger partial charge in [0.2, 0.25) is 0 Å². The van der Waals surface area contributed by atoms with Crippen molar-refractivity contribution in [3.63, 3.8) is 0 Å². The first-order valence-corrected chi connectivity index (χ1v) is 12.0. The van der Waals surface area contributed by atoms with Gasteiger partial charge in [0.1, 0.15) is 17.2 Å². The van der Waals surface area contributed by atoms with Crippen LogP contribution in [0.5, 0.6) is 17.2 Å². The molecule has 1 saturated heterocycles. The van der Waals surface area contributed by atoms with E-state index in [1.165, 1.54) is 41.9 Å². The van der Waals surface area contributed by atoms with E-state index in [-0.39, 0.29) is 29.2 Å². The number of nitrogens with zero attached hydrogens (tertiary/aromatic N) is 1. The number of carbonyl (C=O) groups excluding carboxylic acids is 1. The number of rotatable bonds is 8. The maximum absolute atomic E-state index is 13.5. The lowest BCUT2D eigenvalue weighted by atomic mass is 9.95. The van der Waals surface area contributed by atoms with E-state index in [4.69, 9.17) is 4.74 Å². The van der Waals surface area contributed by atoms with E-state index in [0.717, 1.165) is 25.1 Å². The predicted octanol–water partition coefficient (Wildman–Crippen LogP) is 3.90. The first-order chi connectivity index (χ1) is 16.0. The normalized spacial score (nSPS) is 16.6. The number of halogens is 3. The molecule has 3 rings (SSSR count). The molecule has 0 aliphatic carbocycles. The molecule has 1 heterocycles. The van der Waals surface area contributed by atoms with Crippen LogP contribution in [0.1, 0.15) is 26.2 Å². The smallest absolute Gasteiger partial charge is 0.457 e. The van der Waals surface area contributed by atoms with Gasteiger partial charge in [0.25, 0.3) is 5.91 Å². The van der Waals surface area contributed by atoms with Gasteiger partial charge in [-0.15, -0.1) is 13.2 Å². The second-order valence-electron chi connectivity index (χ2n) is 7.87. The summed E-state index contributed by atoms with van der Waals surface area (Å²) in [6.07, 6.45) is -3.84. The van der Waals surface area contributed by atoms with E-state index in [9.17, 15) is 31.6 Å². The van der Waals surface area contributed by atoms with E-state index >= 15 is 0 Å². The van der Waals surface area contributed by atoms with Crippen molar-refractivity contribution in [1.29, 1.82) is 0 Å². The highest BCUT2D eigenvalue weighted by molar-refractivity contribution is 7.93. The Morgan fingerprint density at radius 1 is 1.03 bits per heavy atom. The van der Waals surface area contributed by atoms with Crippen LogP contribution < -0.4 is 15.0 Å². The fourth-order valence-corrected chi connectivity index (χ4v) is 5.89. The minimum Gasteiger partial charge on any atom is -0.457 e. The van der Waals surface area contributed by atoms with Crippen LogP contribution in [-0.2, 0) is 14.6 Å². The first-order valence-electron chi connectivity index (χ1n) is 10.6. The minimum absolute atomic E-state index is 0.0341. The maximum Gasteiger partial charge on any atom is 0.573 e. The highest BCUT2D eigenvalue weighted by atomic mass is 32.2. The Labute approximate surface area is 195 Å². The number of carbonyl (C=O) groups is 1. The number of hydroxylamine groups is 1. The van der Waals surface area contributed by atoms with Crippen molar-refractivity contribution in [2.75, 3.05) is 19.6 Å². The molecule has 0 aromatic heterocycles. The number of alkyl halides is 3. The highest BCUT2D eigenvalue weighted by Crippen LogP contribution is 2.37. The van der Waals surface area contributed by atoms with Crippen LogP contribution >= 0.6 is 0 Å². The standard InChI is InChI=1S/C22H25F3N2O6S/c1-2-13-27-14-11-21(12-15-27,20(28)26-29)34(30,31)19-9-7-17(8-10-19)32-16-3-5-18(6-4-16)33-22(23,24)25/h3-10,29H,2,11-15H2,1H3,(H,26,28). The number of nitrogens with one attached hydrogen (secondary N) is 1. The summed E-state index contributed by atoms with van der Waals surface area (Å²) in [4.78, 5) is 14.5. The van der Waals surface area contributed by atoms with Gasteiger partial charge in [0.05, 0.1) is 4.90 Å². The summed E-state index contributed by atoms with van der Waals surface area (Å²) in [5, 5.41) is 9.25. The van der Waals surface area contributed by atoms with Crippen LogP contribution in [0.3, 0.4) is 0 Å². The Balaban J connectivity index is 1.77. The van der Waals surface area contributed by atoms with E-state index in [0.29, 0.717) is 13.1 Å². The molecule has 2 aromatic rings. The molecule has 0 unspecified atom stereocenters. The van der Waals surface area contributed by atoms with Gasteiger partial charge in [-0.3, -0.25) is 10.0 Å². The van der Waals surface area contributed by atoms with Crippen molar-refractivity contribution < 1.29 is 41.1 Å². The van der Waals surface area contributed by atoms with Gasteiger partial charge in [0, 0.05) is 13.1 Å². The molecule has 1 amide bonds. The average molecular weight is 503 g/mol. The number of sulfone groups is 1. The minimum atomic E-state index is -4.80. The summed E-state index contributed by atoms with van der Waals surface area (Å²) in [6, 6.07) is 10.1. The lowest BCUT2D eigenvalue weighted by Gasteiger charge is -2.39. The topological polar surface area (TPSA) is 105 Å². The summed E-state index contributed by atoms with van der Waals surface area (Å²) in [7, 11) is -4.16. The highest BCUT2D eigenvalue weighted by Gasteiger charge is 2.52. The maximum atomic E-state index is 13.5. The largest absolute Gasteiger partial charge is 0.573 e. The third kappa shape index (κ3) is 5.62. The van der Waals surface area contributed by atoms with E-state index < -0.39 is 32.6 Å². The van der Waals surface area contributed by atoms with Gasteiger partial charge >= 0.3 is 6.36 Å². The molecule has 0 saturated carbocycles. The van der Waals surface area contributed by atoms with Gasteiger partial charge in [-0.1, -0.05) is 6.92 Å². The Hall–Kier alpha value is -2.83. The van der Waals surface area contributed by atoms with Crippen LogP contribution in [-0.4, -0.2) is 55.2 Å². The molecular weight excluding hydrogens is 477 g/mol. The van der Waals surface area contributed by atoms with Crippen molar-refractivity contribution in [2.45, 2.75) is 42.2 Å². The monoisotopic (exact) mass is 502 g/mol. The van der Waals surface area contributed by atoms with Crippen molar-refractivity contribution in [1.82, 2.24) is 10.4 Å². The SMILES string of the molecule is CCCN1CCC(C(=O)NO)(S(=O)(=O)c2ccc(Oc3ccc(OC(F)(F)F)cc3)cc2)CC1. The van der Waals surface area contributed by atoms with Gasteiger partial charge in [-0.2, -0.15) is 0 Å². The van der Waals surface area contributed by atoms with Crippen molar-refractivity contribution in [3.8, 4) is 17.2 Å². The molecule has 2 aromatic carbocycles. The van der Waals surface area contributed by atoms with Gasteiger partial charge < -0.3 is 14.4 Å². The molecule has 34 heavy (non-hydrogen) atoms. The number of ether oxygens (including phenoxy) is 2. The molecule has 0 atom stereocenters. The Kier molecular flexibility index (Phi) is 7.74. The van der Waals surface area contributed by atoms with E-state index in [1.54, 1.807) is 0 Å². The summed E-state index contributed by atoms with van der Waals surface area (Å²) < 4.78 is 71.3. The molecule has 2 N–H and O–H groups in total. The molecular formula is C22H25F3N2O6S. The zero-order chi connectivity index (χ0) is 25.0. The van der Waals surface area contributed by atoms with E-state index in [1.807, 2.05) is 6.92 Å². The van der Waals surface area contributed by atoms with Gasteiger partial charge in [-0.25, -0.2) is 13.9 Å². The third-order valence-corrected chi connectivity index (χ3v) is 8.18. The second-order valence-corrected chi connectivity index (χ2v) is 10.1. The summed E-state index contributed by atoms with van der Waals surface area (Å²) in [5.41, 5.74) is 1.52. The Bertz CT molecular complexity index is 1080. The summed E-state index contributed by atoms with van der Waals surface area (Å²) in [5.74, 6) is -0.921. The zero-order valence-electron chi connectivity index (χ0n) is 18.3. The number of hydrogen-bond donors (Lipinski definition) is 2. The summed E-state index contributed by atoms with van der Waals surface area (Å²) in [6.45, 7) is 3.59. The fourth-order valence-electron chi connectivity index (χ4n) is 3.93. The molecule has 1 fully saturated rings. The second kappa shape index (κ2) is 10.2. The molecule has 186 valence electrons. The fraction of sp³-hybridized carbons (Fsp3) is 0.409. The van der Waals surface area contributed by atoms with Crippen LogP contribution in [0.2, 0.25) is 0 Å². The molecule has 1 aliphatic rings. The lowest BCUT2D eigenvalue weighted by molar-refractivity contribution is -0.274. The lowest BCUT2D eigenvalue weighted by Crippen LogP contribution is -2.57. The molecule has 0 spiro atoms. The molecule has 1 aliphatic heterocycles. The third-order valence-electron chi connectivity index (χ3n) is 5.66. The Morgan fingerprint density at radius 3 is 2.00 bits per heavy atom. The molecule has 0 radical (unpaired) electrons. The van der Waals surface area contributed by atoms with Crippen molar-refractivity contribution in [2.24, 2.45) is 0 Å². The van der Waals surface area contributed by atoms with Gasteiger partial charge in [0.15, 0.2) is 14.6 Å². The predicted molar refractivity (Wildman–Crippen MR) is 115 cm³/mol. The van der Waals surface area contributed by atoms with Gasteiger partial charge in [-0.05, 0) is 74.3 Å². The molecule has 8 nitrogen and oxygen atoms in total. The summed E-state index contributed by atoms with van der Waals surface area (Å²) >= 11 is 0. The van der Waals surface area contributed by atoms with Crippen LogP contribution in [0.15, 0.2) is 53.4 Å². The first kappa shape index (κ1) is 25.8. The van der Waals surface area contributed by atoms with Crippen LogP contribution in [0, 0.1) is 0 Å². The number of benzene rings is 2. The van der Waals surface area contributed by atoms with Crippen molar-refractivity contribution >= 4 is 15.7 Å². The zero-order valence-corrected chi connectivity index (χ0v) is 19.2. The number of likely N-dealkylation sites (tertiary alicyclic amines) is 1. The quantitative estimate of drug-likeness (QED) is 0.417. The number of hydrogen-bond acceptors (Lipinski definition) is 7.